The van der Waals surface area contributed by atoms with Crippen molar-refractivity contribution in [3.05, 3.63) is 59.8 Å². The predicted molar refractivity (Wildman–Crippen MR) is 68.0 cm³/mol. The zero-order valence-corrected chi connectivity index (χ0v) is 9.68. The second kappa shape index (κ2) is 5.25. The molecule has 1 aromatic carbocycles. The van der Waals surface area contributed by atoms with Crippen molar-refractivity contribution in [3.8, 4) is 0 Å². The second-order valence-electron chi connectivity index (χ2n) is 3.68. The van der Waals surface area contributed by atoms with Gasteiger partial charge in [0.15, 0.2) is 0 Å². The highest BCUT2D eigenvalue weighted by atomic mass is 16.1. The van der Waals surface area contributed by atoms with Crippen LogP contribution in [0.2, 0.25) is 0 Å². The number of carbonyl (C=O) groups is 1. The summed E-state index contributed by atoms with van der Waals surface area (Å²) in [5.41, 5.74) is 1.75. The Morgan fingerprint density at radius 2 is 1.94 bits per heavy atom. The average molecular weight is 226 g/mol. The van der Waals surface area contributed by atoms with Gasteiger partial charge in [-0.2, -0.15) is 0 Å². The SMILES string of the molecule is CCc1ccccc1C(=O)Nc1ccccn1. The van der Waals surface area contributed by atoms with Crippen molar-refractivity contribution in [1.29, 1.82) is 0 Å². The van der Waals surface area contributed by atoms with Gasteiger partial charge in [-0.25, -0.2) is 4.98 Å². The van der Waals surface area contributed by atoms with E-state index in [4.69, 9.17) is 0 Å². The standard InChI is InChI=1S/C14H14N2O/c1-2-11-7-3-4-8-12(11)14(17)16-13-9-5-6-10-15-13/h3-10H,2H2,1H3,(H,15,16,17). The molecule has 86 valence electrons. The van der Waals surface area contributed by atoms with Crippen molar-refractivity contribution >= 4 is 11.7 Å². The van der Waals surface area contributed by atoms with Crippen molar-refractivity contribution in [2.45, 2.75) is 13.3 Å². The highest BCUT2D eigenvalue weighted by molar-refractivity contribution is 6.04. The summed E-state index contributed by atoms with van der Waals surface area (Å²) in [5.74, 6) is 0.463. The van der Waals surface area contributed by atoms with E-state index in [0.717, 1.165) is 12.0 Å². The Bertz CT molecular complexity index is 509. The third-order valence-electron chi connectivity index (χ3n) is 2.55. The molecule has 0 saturated carbocycles. The number of aryl methyl sites for hydroxylation is 1. The van der Waals surface area contributed by atoms with Gasteiger partial charge in [0.2, 0.25) is 0 Å². The molecular formula is C14H14N2O. The summed E-state index contributed by atoms with van der Waals surface area (Å²) in [6, 6.07) is 13.0. The second-order valence-corrected chi connectivity index (χ2v) is 3.68. The molecule has 0 unspecified atom stereocenters. The minimum Gasteiger partial charge on any atom is -0.307 e. The van der Waals surface area contributed by atoms with Gasteiger partial charge < -0.3 is 5.32 Å². The molecule has 1 heterocycles. The van der Waals surface area contributed by atoms with Gasteiger partial charge in [0.25, 0.3) is 5.91 Å². The number of amides is 1. The highest BCUT2D eigenvalue weighted by Gasteiger charge is 2.09. The van der Waals surface area contributed by atoms with Crippen molar-refractivity contribution in [1.82, 2.24) is 4.98 Å². The van der Waals surface area contributed by atoms with E-state index in [1.807, 2.05) is 43.3 Å². The van der Waals surface area contributed by atoms with Gasteiger partial charge >= 0.3 is 0 Å². The van der Waals surface area contributed by atoms with Gasteiger partial charge in [0, 0.05) is 11.8 Å². The molecule has 0 aliphatic rings. The molecule has 0 radical (unpaired) electrons. The van der Waals surface area contributed by atoms with Crippen LogP contribution in [0.1, 0.15) is 22.8 Å². The van der Waals surface area contributed by atoms with Crippen LogP contribution >= 0.6 is 0 Å². The van der Waals surface area contributed by atoms with Crippen LogP contribution in [0.4, 0.5) is 5.82 Å². The van der Waals surface area contributed by atoms with Crippen LogP contribution < -0.4 is 5.32 Å². The summed E-state index contributed by atoms with van der Waals surface area (Å²) in [4.78, 5) is 16.1. The monoisotopic (exact) mass is 226 g/mol. The lowest BCUT2D eigenvalue weighted by atomic mass is 10.0. The third-order valence-corrected chi connectivity index (χ3v) is 2.55. The Kier molecular flexibility index (Phi) is 3.50. The lowest BCUT2D eigenvalue weighted by molar-refractivity contribution is 0.102. The molecule has 0 bridgehead atoms. The van der Waals surface area contributed by atoms with Gasteiger partial charge in [-0.15, -0.1) is 0 Å². The number of pyridine rings is 1. The summed E-state index contributed by atoms with van der Waals surface area (Å²) >= 11 is 0. The fourth-order valence-corrected chi connectivity index (χ4v) is 1.67. The zero-order valence-electron chi connectivity index (χ0n) is 9.68. The Morgan fingerprint density at radius 1 is 1.18 bits per heavy atom. The Balaban J connectivity index is 2.20. The van der Waals surface area contributed by atoms with E-state index in [1.54, 1.807) is 12.3 Å². The van der Waals surface area contributed by atoms with Crippen molar-refractivity contribution in [3.63, 3.8) is 0 Å². The van der Waals surface area contributed by atoms with Gasteiger partial charge in [0.05, 0.1) is 0 Å². The first kappa shape index (κ1) is 11.3. The molecule has 3 heteroatoms. The van der Waals surface area contributed by atoms with Crippen LogP contribution in [0.15, 0.2) is 48.7 Å². The lowest BCUT2D eigenvalue weighted by Crippen LogP contribution is -2.14. The average Bonchev–Trinajstić information content (AvgIpc) is 2.40. The largest absolute Gasteiger partial charge is 0.307 e. The maximum absolute atomic E-state index is 12.0. The van der Waals surface area contributed by atoms with Crippen molar-refractivity contribution in [2.24, 2.45) is 0 Å². The molecule has 0 atom stereocenters. The third kappa shape index (κ3) is 2.69. The van der Waals surface area contributed by atoms with Crippen LogP contribution in [0.5, 0.6) is 0 Å². The Morgan fingerprint density at radius 3 is 2.65 bits per heavy atom. The predicted octanol–water partition coefficient (Wildman–Crippen LogP) is 2.90. The Labute approximate surface area is 101 Å². The summed E-state index contributed by atoms with van der Waals surface area (Å²) in [7, 11) is 0. The van der Waals surface area contributed by atoms with E-state index < -0.39 is 0 Å². The van der Waals surface area contributed by atoms with E-state index in [-0.39, 0.29) is 5.91 Å². The van der Waals surface area contributed by atoms with Gasteiger partial charge in [-0.1, -0.05) is 31.2 Å². The molecule has 2 aromatic rings. The van der Waals surface area contributed by atoms with Gasteiger partial charge in [-0.05, 0) is 30.2 Å². The maximum atomic E-state index is 12.0. The highest BCUT2D eigenvalue weighted by Crippen LogP contribution is 2.11. The molecule has 0 aliphatic carbocycles. The topological polar surface area (TPSA) is 42.0 Å². The van der Waals surface area contributed by atoms with E-state index in [1.165, 1.54) is 0 Å². The van der Waals surface area contributed by atoms with Crippen LogP contribution in [-0.4, -0.2) is 10.9 Å². The van der Waals surface area contributed by atoms with Crippen LogP contribution in [-0.2, 0) is 6.42 Å². The molecular weight excluding hydrogens is 212 g/mol. The number of carbonyl (C=O) groups excluding carboxylic acids is 1. The van der Waals surface area contributed by atoms with E-state index in [0.29, 0.717) is 11.4 Å². The summed E-state index contributed by atoms with van der Waals surface area (Å²) in [5, 5.41) is 2.78. The maximum Gasteiger partial charge on any atom is 0.257 e. The molecule has 0 aliphatic heterocycles. The van der Waals surface area contributed by atoms with E-state index >= 15 is 0 Å². The number of nitrogens with one attached hydrogen (secondary N) is 1. The first-order valence-electron chi connectivity index (χ1n) is 5.61. The number of hydrogen-bond donors (Lipinski definition) is 1. The molecule has 0 saturated heterocycles. The normalized spacial score (nSPS) is 9.94. The number of rotatable bonds is 3. The number of nitrogens with zero attached hydrogens (tertiary/aromatic N) is 1. The number of hydrogen-bond acceptors (Lipinski definition) is 2. The molecule has 17 heavy (non-hydrogen) atoms. The van der Waals surface area contributed by atoms with Crippen LogP contribution in [0.25, 0.3) is 0 Å². The summed E-state index contributed by atoms with van der Waals surface area (Å²) in [6.07, 6.45) is 2.49. The first-order valence-corrected chi connectivity index (χ1v) is 5.61. The van der Waals surface area contributed by atoms with Crippen LogP contribution in [0.3, 0.4) is 0 Å². The van der Waals surface area contributed by atoms with Crippen LogP contribution in [0, 0.1) is 0 Å². The van der Waals surface area contributed by atoms with Crippen molar-refractivity contribution < 1.29 is 4.79 Å². The summed E-state index contributed by atoms with van der Waals surface area (Å²) in [6.45, 7) is 2.03. The van der Waals surface area contributed by atoms with Gasteiger partial charge in [-0.3, -0.25) is 4.79 Å². The zero-order chi connectivity index (χ0) is 12.1. The van der Waals surface area contributed by atoms with E-state index in [2.05, 4.69) is 10.3 Å². The fraction of sp³-hybridized carbons (Fsp3) is 0.143. The number of aromatic nitrogens is 1. The number of benzene rings is 1. The smallest absolute Gasteiger partial charge is 0.257 e. The lowest BCUT2D eigenvalue weighted by Gasteiger charge is -2.07. The Hall–Kier alpha value is -2.16. The van der Waals surface area contributed by atoms with Crippen molar-refractivity contribution in [2.75, 3.05) is 5.32 Å². The molecule has 2 rings (SSSR count). The summed E-state index contributed by atoms with van der Waals surface area (Å²) < 4.78 is 0. The quantitative estimate of drug-likeness (QED) is 0.874. The van der Waals surface area contributed by atoms with E-state index in [9.17, 15) is 4.79 Å². The molecule has 1 aromatic heterocycles. The fourth-order valence-electron chi connectivity index (χ4n) is 1.67. The first-order chi connectivity index (χ1) is 8.31. The molecule has 0 spiro atoms. The minimum atomic E-state index is -0.110. The molecule has 3 nitrogen and oxygen atoms in total. The molecule has 1 amide bonds. The number of anilines is 1. The molecule has 0 fully saturated rings. The molecule has 1 N–H and O–H groups in total. The van der Waals surface area contributed by atoms with Gasteiger partial charge in [0.1, 0.15) is 5.82 Å². The minimum absolute atomic E-state index is 0.110.